The molecule has 1 rings (SSSR count). The molecule has 0 fully saturated rings. The van der Waals surface area contributed by atoms with E-state index in [1.165, 1.54) is 0 Å². The van der Waals surface area contributed by atoms with Gasteiger partial charge in [0.2, 0.25) is 0 Å². The summed E-state index contributed by atoms with van der Waals surface area (Å²) < 4.78 is 33.7. The zero-order valence-corrected chi connectivity index (χ0v) is 8.06. The number of hydrogen-bond donors (Lipinski definition) is 2. The van der Waals surface area contributed by atoms with Crippen molar-refractivity contribution >= 4 is 16.2 Å². The van der Waals surface area contributed by atoms with Gasteiger partial charge in [0, 0.05) is 11.8 Å². The van der Waals surface area contributed by atoms with E-state index in [4.69, 9.17) is 5.11 Å². The standard InChI is InChI=1S/C7H8FNO4S/c1-2-4-5(7(10)11)3-9-6(4)14(8,12)13/h3,9H,2H2,1H3,(H,10,11). The number of rotatable bonds is 3. The first-order chi connectivity index (χ1) is 6.38. The number of aromatic carboxylic acids is 1. The average Bonchev–Trinajstić information content (AvgIpc) is 2.45. The first kappa shape index (κ1) is 10.7. The third kappa shape index (κ3) is 1.77. The van der Waals surface area contributed by atoms with Crippen LogP contribution in [-0.4, -0.2) is 24.5 Å². The van der Waals surface area contributed by atoms with E-state index in [1.807, 2.05) is 0 Å². The Morgan fingerprint density at radius 3 is 2.57 bits per heavy atom. The number of nitrogens with one attached hydrogen (secondary N) is 1. The Morgan fingerprint density at radius 1 is 1.64 bits per heavy atom. The fourth-order valence-electron chi connectivity index (χ4n) is 1.19. The maximum Gasteiger partial charge on any atom is 0.347 e. The van der Waals surface area contributed by atoms with Gasteiger partial charge in [0.05, 0.1) is 5.56 Å². The molecule has 0 aromatic carbocycles. The number of H-pyrrole nitrogens is 1. The van der Waals surface area contributed by atoms with Gasteiger partial charge in [0.1, 0.15) is 0 Å². The topological polar surface area (TPSA) is 87.2 Å². The summed E-state index contributed by atoms with van der Waals surface area (Å²) in [6, 6.07) is 0. The second-order valence-corrected chi connectivity index (χ2v) is 3.89. The van der Waals surface area contributed by atoms with Crippen LogP contribution in [0.5, 0.6) is 0 Å². The number of carboxylic acid groups (broad SMARTS) is 1. The van der Waals surface area contributed by atoms with Gasteiger partial charge < -0.3 is 10.1 Å². The Hall–Kier alpha value is -1.37. The van der Waals surface area contributed by atoms with Crippen molar-refractivity contribution in [2.24, 2.45) is 0 Å². The van der Waals surface area contributed by atoms with Gasteiger partial charge in [-0.3, -0.25) is 0 Å². The fraction of sp³-hybridized carbons (Fsp3) is 0.286. The van der Waals surface area contributed by atoms with E-state index in [0.717, 1.165) is 6.20 Å². The maximum atomic E-state index is 12.6. The first-order valence-electron chi connectivity index (χ1n) is 3.76. The van der Waals surface area contributed by atoms with Gasteiger partial charge in [-0.05, 0) is 6.42 Å². The second kappa shape index (κ2) is 3.41. The molecule has 0 aliphatic heterocycles. The summed E-state index contributed by atoms with van der Waals surface area (Å²) in [7, 11) is -4.88. The highest BCUT2D eigenvalue weighted by Gasteiger charge is 2.23. The van der Waals surface area contributed by atoms with Gasteiger partial charge in [-0.15, -0.1) is 0 Å². The molecule has 0 saturated heterocycles. The van der Waals surface area contributed by atoms with Crippen molar-refractivity contribution in [1.29, 1.82) is 0 Å². The van der Waals surface area contributed by atoms with Crippen LogP contribution in [0.4, 0.5) is 3.89 Å². The van der Waals surface area contributed by atoms with Crippen LogP contribution in [0.1, 0.15) is 22.8 Å². The SMILES string of the molecule is CCc1c(C(=O)O)c[nH]c1S(=O)(=O)F. The van der Waals surface area contributed by atoms with Gasteiger partial charge in [-0.2, -0.15) is 8.42 Å². The molecule has 1 aromatic heterocycles. The van der Waals surface area contributed by atoms with Gasteiger partial charge in [0.15, 0.2) is 5.03 Å². The summed E-state index contributed by atoms with van der Waals surface area (Å²) in [6.07, 6.45) is 1.09. The summed E-state index contributed by atoms with van der Waals surface area (Å²) in [4.78, 5) is 12.7. The van der Waals surface area contributed by atoms with Crippen molar-refractivity contribution in [3.05, 3.63) is 17.3 Å². The molecule has 0 aliphatic rings. The fourth-order valence-corrected chi connectivity index (χ4v) is 1.94. The molecule has 0 aliphatic carbocycles. The Labute approximate surface area is 79.8 Å². The van der Waals surface area contributed by atoms with Crippen molar-refractivity contribution in [2.45, 2.75) is 18.4 Å². The Kier molecular flexibility index (Phi) is 2.61. The minimum atomic E-state index is -4.88. The molecule has 2 N–H and O–H groups in total. The highest BCUT2D eigenvalue weighted by Crippen LogP contribution is 2.21. The largest absolute Gasteiger partial charge is 0.478 e. The predicted molar refractivity (Wildman–Crippen MR) is 45.4 cm³/mol. The third-order valence-electron chi connectivity index (χ3n) is 1.77. The summed E-state index contributed by atoms with van der Waals surface area (Å²) in [5.41, 5.74) is -0.260. The Balaban J connectivity index is 3.43. The van der Waals surface area contributed by atoms with Crippen LogP contribution in [0, 0.1) is 0 Å². The molecule has 5 nitrogen and oxygen atoms in total. The van der Waals surface area contributed by atoms with E-state index < -0.39 is 21.2 Å². The van der Waals surface area contributed by atoms with Crippen LogP contribution in [-0.2, 0) is 16.6 Å². The molecular formula is C7H8FNO4S. The maximum absolute atomic E-state index is 12.6. The van der Waals surface area contributed by atoms with E-state index in [-0.39, 0.29) is 17.5 Å². The monoisotopic (exact) mass is 221 g/mol. The summed E-state index contributed by atoms with van der Waals surface area (Å²) in [5, 5.41) is 7.97. The number of aromatic nitrogens is 1. The van der Waals surface area contributed by atoms with Gasteiger partial charge >= 0.3 is 16.2 Å². The van der Waals surface area contributed by atoms with Crippen LogP contribution in [0.25, 0.3) is 0 Å². The highest BCUT2D eigenvalue weighted by molar-refractivity contribution is 7.86. The van der Waals surface area contributed by atoms with E-state index in [0.29, 0.717) is 0 Å². The first-order valence-corrected chi connectivity index (χ1v) is 5.14. The Bertz CT molecular complexity index is 462. The van der Waals surface area contributed by atoms with E-state index in [9.17, 15) is 17.1 Å². The molecule has 0 bridgehead atoms. The molecule has 0 saturated carbocycles. The number of hydrogen-bond acceptors (Lipinski definition) is 3. The van der Waals surface area contributed by atoms with Crippen LogP contribution in [0.2, 0.25) is 0 Å². The lowest BCUT2D eigenvalue weighted by Gasteiger charge is -1.97. The summed E-state index contributed by atoms with van der Waals surface area (Å²) in [6.45, 7) is 1.55. The molecule has 78 valence electrons. The Morgan fingerprint density at radius 2 is 2.21 bits per heavy atom. The number of carboxylic acids is 1. The minimum Gasteiger partial charge on any atom is -0.478 e. The lowest BCUT2D eigenvalue weighted by Crippen LogP contribution is -2.02. The molecule has 0 atom stereocenters. The number of carbonyl (C=O) groups is 1. The lowest BCUT2D eigenvalue weighted by atomic mass is 10.1. The van der Waals surface area contributed by atoms with Crippen LogP contribution in [0.15, 0.2) is 11.2 Å². The van der Waals surface area contributed by atoms with Crippen LogP contribution >= 0.6 is 0 Å². The van der Waals surface area contributed by atoms with Gasteiger partial charge in [0.25, 0.3) is 0 Å². The van der Waals surface area contributed by atoms with E-state index >= 15 is 0 Å². The lowest BCUT2D eigenvalue weighted by molar-refractivity contribution is 0.0696. The van der Waals surface area contributed by atoms with Crippen molar-refractivity contribution in [1.82, 2.24) is 4.98 Å². The highest BCUT2D eigenvalue weighted by atomic mass is 32.3. The molecule has 1 aromatic rings. The zero-order chi connectivity index (χ0) is 10.9. The average molecular weight is 221 g/mol. The molecule has 0 spiro atoms. The molecule has 0 amide bonds. The molecule has 1 heterocycles. The summed E-state index contributed by atoms with van der Waals surface area (Å²) in [5.74, 6) is -1.28. The molecule has 7 heteroatoms. The number of aromatic amines is 1. The van der Waals surface area contributed by atoms with Crippen molar-refractivity contribution in [3.8, 4) is 0 Å². The quantitative estimate of drug-likeness (QED) is 0.743. The van der Waals surface area contributed by atoms with Crippen LogP contribution in [0.3, 0.4) is 0 Å². The van der Waals surface area contributed by atoms with Crippen LogP contribution < -0.4 is 0 Å². The zero-order valence-electron chi connectivity index (χ0n) is 7.24. The normalized spacial score (nSPS) is 11.6. The molecule has 0 unspecified atom stereocenters. The van der Waals surface area contributed by atoms with E-state index in [1.54, 1.807) is 6.92 Å². The van der Waals surface area contributed by atoms with E-state index in [2.05, 4.69) is 4.98 Å². The third-order valence-corrected chi connectivity index (χ3v) is 2.63. The van der Waals surface area contributed by atoms with Crippen molar-refractivity contribution in [3.63, 3.8) is 0 Å². The van der Waals surface area contributed by atoms with Gasteiger partial charge in [-0.1, -0.05) is 10.8 Å². The number of halogens is 1. The van der Waals surface area contributed by atoms with Gasteiger partial charge in [-0.25, -0.2) is 4.79 Å². The predicted octanol–water partition coefficient (Wildman–Crippen LogP) is 0.933. The minimum absolute atomic E-state index is 0.0417. The molecule has 14 heavy (non-hydrogen) atoms. The van der Waals surface area contributed by atoms with Crippen molar-refractivity contribution in [2.75, 3.05) is 0 Å². The van der Waals surface area contributed by atoms with Crippen molar-refractivity contribution < 1.29 is 22.2 Å². The molecule has 0 radical (unpaired) electrons. The smallest absolute Gasteiger partial charge is 0.347 e. The summed E-state index contributed by atoms with van der Waals surface area (Å²) >= 11 is 0. The molecular weight excluding hydrogens is 213 g/mol. The second-order valence-electron chi connectivity index (χ2n) is 2.61.